The van der Waals surface area contributed by atoms with Gasteiger partial charge in [-0.05, 0) is 35.9 Å². The van der Waals surface area contributed by atoms with Crippen LogP contribution in [0.3, 0.4) is 0 Å². The highest BCUT2D eigenvalue weighted by molar-refractivity contribution is 6.14. The third-order valence-electron chi connectivity index (χ3n) is 4.28. The van der Waals surface area contributed by atoms with E-state index < -0.39 is 0 Å². The molecule has 0 saturated heterocycles. The molecule has 0 saturated carbocycles. The molecule has 0 fully saturated rings. The maximum Gasteiger partial charge on any atom is 0.333 e. The Kier molecular flexibility index (Phi) is 4.05. The Morgan fingerprint density at radius 2 is 1.16 bits per heavy atom. The first-order valence-electron chi connectivity index (χ1n) is 8.32. The van der Waals surface area contributed by atoms with E-state index >= 15 is 0 Å². The Hall–Kier alpha value is -3.33. The number of urea groups is 1. The summed E-state index contributed by atoms with van der Waals surface area (Å²) in [6, 6.07) is 29.6. The molecule has 25 heavy (non-hydrogen) atoms. The van der Waals surface area contributed by atoms with Crippen LogP contribution in [-0.2, 0) is 0 Å². The lowest BCUT2D eigenvalue weighted by Gasteiger charge is -2.36. The van der Waals surface area contributed by atoms with Gasteiger partial charge in [0, 0.05) is 12.2 Å². The summed E-state index contributed by atoms with van der Waals surface area (Å²) in [5.74, 6) is 0. The standard InChI is InChI=1S/C22H18N2O/c25-22-23(19-12-6-2-7-13-19)17-16-21(18-10-4-1-5-11-18)24(22)20-14-8-3-9-15-20/h1-16H,17H2. The number of para-hydroxylation sites is 2. The van der Waals surface area contributed by atoms with Crippen molar-refractivity contribution in [3.63, 3.8) is 0 Å². The van der Waals surface area contributed by atoms with E-state index in [1.165, 1.54) is 0 Å². The summed E-state index contributed by atoms with van der Waals surface area (Å²) < 4.78 is 0. The van der Waals surface area contributed by atoms with Gasteiger partial charge in [-0.3, -0.25) is 9.80 Å². The average Bonchev–Trinajstić information content (AvgIpc) is 2.70. The molecule has 0 aromatic heterocycles. The fourth-order valence-corrected chi connectivity index (χ4v) is 3.08. The normalized spacial score (nSPS) is 14.4. The van der Waals surface area contributed by atoms with E-state index in [9.17, 15) is 4.79 Å². The molecular weight excluding hydrogens is 308 g/mol. The second-order valence-electron chi connectivity index (χ2n) is 5.86. The van der Waals surface area contributed by atoms with Crippen molar-refractivity contribution in [3.05, 3.63) is 103 Å². The number of amides is 2. The third-order valence-corrected chi connectivity index (χ3v) is 4.28. The van der Waals surface area contributed by atoms with Gasteiger partial charge in [-0.1, -0.05) is 66.7 Å². The zero-order valence-electron chi connectivity index (χ0n) is 13.7. The van der Waals surface area contributed by atoms with Gasteiger partial charge in [0.25, 0.3) is 0 Å². The molecule has 122 valence electrons. The molecule has 1 heterocycles. The topological polar surface area (TPSA) is 23.6 Å². The first-order valence-corrected chi connectivity index (χ1v) is 8.32. The van der Waals surface area contributed by atoms with E-state index in [-0.39, 0.29) is 6.03 Å². The van der Waals surface area contributed by atoms with Crippen molar-refractivity contribution in [2.75, 3.05) is 16.3 Å². The van der Waals surface area contributed by atoms with Crippen LogP contribution >= 0.6 is 0 Å². The van der Waals surface area contributed by atoms with E-state index in [0.29, 0.717) is 6.54 Å². The lowest BCUT2D eigenvalue weighted by molar-refractivity contribution is 0.253. The van der Waals surface area contributed by atoms with Gasteiger partial charge in [0.2, 0.25) is 0 Å². The smallest absolute Gasteiger partial charge is 0.290 e. The van der Waals surface area contributed by atoms with Crippen molar-refractivity contribution >= 4 is 23.1 Å². The Labute approximate surface area is 147 Å². The zero-order valence-corrected chi connectivity index (χ0v) is 13.7. The Bertz CT molecular complexity index is 889. The monoisotopic (exact) mass is 326 g/mol. The van der Waals surface area contributed by atoms with Gasteiger partial charge in [0.1, 0.15) is 0 Å². The summed E-state index contributed by atoms with van der Waals surface area (Å²) in [4.78, 5) is 16.9. The molecule has 3 aromatic rings. The number of carbonyl (C=O) groups excluding carboxylic acids is 1. The van der Waals surface area contributed by atoms with Gasteiger partial charge in [0.05, 0.1) is 11.4 Å². The maximum absolute atomic E-state index is 13.3. The summed E-state index contributed by atoms with van der Waals surface area (Å²) in [6.07, 6.45) is 2.11. The largest absolute Gasteiger partial charge is 0.333 e. The molecule has 0 unspecified atom stereocenters. The van der Waals surface area contributed by atoms with Crippen molar-refractivity contribution in [2.45, 2.75) is 0 Å². The van der Waals surface area contributed by atoms with Crippen LogP contribution in [0.25, 0.3) is 5.70 Å². The van der Waals surface area contributed by atoms with Gasteiger partial charge in [0.15, 0.2) is 0 Å². The minimum Gasteiger partial charge on any atom is -0.290 e. The molecule has 4 rings (SSSR count). The summed E-state index contributed by atoms with van der Waals surface area (Å²) in [6.45, 7) is 0.552. The fraction of sp³-hybridized carbons (Fsp3) is 0.0455. The van der Waals surface area contributed by atoms with Crippen molar-refractivity contribution in [1.29, 1.82) is 0 Å². The summed E-state index contributed by atoms with van der Waals surface area (Å²) in [5.41, 5.74) is 3.72. The summed E-state index contributed by atoms with van der Waals surface area (Å²) in [5, 5.41) is 0. The second kappa shape index (κ2) is 6.65. The molecule has 0 bridgehead atoms. The number of rotatable bonds is 3. The Balaban J connectivity index is 1.81. The van der Waals surface area contributed by atoms with Gasteiger partial charge in [-0.15, -0.1) is 0 Å². The Morgan fingerprint density at radius 1 is 0.640 bits per heavy atom. The number of benzene rings is 3. The molecule has 0 N–H and O–H groups in total. The van der Waals surface area contributed by atoms with E-state index in [0.717, 1.165) is 22.6 Å². The van der Waals surface area contributed by atoms with Crippen molar-refractivity contribution in [2.24, 2.45) is 0 Å². The van der Waals surface area contributed by atoms with E-state index in [1.54, 1.807) is 9.80 Å². The second-order valence-corrected chi connectivity index (χ2v) is 5.86. The van der Waals surface area contributed by atoms with E-state index in [4.69, 9.17) is 0 Å². The molecule has 0 spiro atoms. The van der Waals surface area contributed by atoms with Crippen LogP contribution in [-0.4, -0.2) is 12.6 Å². The quantitative estimate of drug-likeness (QED) is 0.651. The van der Waals surface area contributed by atoms with Crippen LogP contribution < -0.4 is 9.80 Å². The Morgan fingerprint density at radius 3 is 1.76 bits per heavy atom. The van der Waals surface area contributed by atoms with Crippen LogP contribution in [0, 0.1) is 0 Å². The highest BCUT2D eigenvalue weighted by Crippen LogP contribution is 2.32. The van der Waals surface area contributed by atoms with Crippen molar-refractivity contribution in [3.8, 4) is 0 Å². The highest BCUT2D eigenvalue weighted by Gasteiger charge is 2.30. The molecule has 0 radical (unpaired) electrons. The van der Waals surface area contributed by atoms with Crippen molar-refractivity contribution < 1.29 is 4.79 Å². The summed E-state index contributed by atoms with van der Waals surface area (Å²) >= 11 is 0. The van der Waals surface area contributed by atoms with Crippen LogP contribution in [0.1, 0.15) is 5.56 Å². The third kappa shape index (κ3) is 2.92. The molecule has 3 aromatic carbocycles. The predicted molar refractivity (Wildman–Crippen MR) is 103 cm³/mol. The number of carbonyl (C=O) groups is 1. The molecule has 0 aliphatic carbocycles. The predicted octanol–water partition coefficient (Wildman–Crippen LogP) is 5.17. The first kappa shape index (κ1) is 15.2. The minimum absolute atomic E-state index is 0.0428. The van der Waals surface area contributed by atoms with E-state index in [2.05, 4.69) is 6.08 Å². The minimum atomic E-state index is -0.0428. The van der Waals surface area contributed by atoms with Gasteiger partial charge in [-0.2, -0.15) is 0 Å². The molecule has 1 aliphatic rings. The van der Waals surface area contributed by atoms with Crippen LogP contribution in [0.15, 0.2) is 97.1 Å². The van der Waals surface area contributed by atoms with E-state index in [1.807, 2.05) is 91.0 Å². The molecule has 1 aliphatic heterocycles. The number of hydrogen-bond acceptors (Lipinski definition) is 1. The number of anilines is 2. The van der Waals surface area contributed by atoms with Crippen LogP contribution in [0.4, 0.5) is 16.2 Å². The summed E-state index contributed by atoms with van der Waals surface area (Å²) in [7, 11) is 0. The van der Waals surface area contributed by atoms with Crippen molar-refractivity contribution in [1.82, 2.24) is 0 Å². The SMILES string of the molecule is O=C1N(c2ccccc2)CC=C(c2ccccc2)N1c1ccccc1. The van der Waals surface area contributed by atoms with Gasteiger partial charge < -0.3 is 0 Å². The lowest BCUT2D eigenvalue weighted by atomic mass is 10.1. The number of nitrogens with zero attached hydrogens (tertiary/aromatic N) is 2. The van der Waals surface area contributed by atoms with Gasteiger partial charge >= 0.3 is 6.03 Å². The van der Waals surface area contributed by atoms with Gasteiger partial charge in [-0.25, -0.2) is 4.79 Å². The number of hydrogen-bond donors (Lipinski definition) is 0. The molecular formula is C22H18N2O. The zero-order chi connectivity index (χ0) is 17.1. The fourth-order valence-electron chi connectivity index (χ4n) is 3.08. The molecule has 3 nitrogen and oxygen atoms in total. The average molecular weight is 326 g/mol. The molecule has 0 atom stereocenters. The maximum atomic E-state index is 13.3. The lowest BCUT2D eigenvalue weighted by Crippen LogP contribution is -2.46. The molecule has 3 heteroatoms. The molecule has 2 amide bonds. The highest BCUT2D eigenvalue weighted by atomic mass is 16.2. The first-order chi connectivity index (χ1) is 12.3. The van der Waals surface area contributed by atoms with Crippen LogP contribution in [0.2, 0.25) is 0 Å². The van der Waals surface area contributed by atoms with Crippen LogP contribution in [0.5, 0.6) is 0 Å².